The molecule has 0 aliphatic carbocycles. The molecule has 0 atom stereocenters. The van der Waals surface area contributed by atoms with Gasteiger partial charge in [0.15, 0.2) is 5.82 Å². The fourth-order valence-corrected chi connectivity index (χ4v) is 10.0. The Morgan fingerprint density at radius 3 is 1.58 bits per heavy atom. The van der Waals surface area contributed by atoms with Gasteiger partial charge in [0.25, 0.3) is 0 Å². The second-order valence-corrected chi connectivity index (χ2v) is 16.1. The smallest absolute Gasteiger partial charge is 0.160 e. The largest absolute Gasteiger partial charge is 0.309 e. The van der Waals surface area contributed by atoms with Crippen molar-refractivity contribution in [1.82, 2.24) is 19.1 Å². The molecule has 4 heteroatoms. The van der Waals surface area contributed by atoms with Crippen LogP contribution in [0.5, 0.6) is 0 Å². The highest BCUT2D eigenvalue weighted by molar-refractivity contribution is 6.38. The molecule has 0 bridgehead atoms. The minimum atomic E-state index is 0.701. The second-order valence-electron chi connectivity index (χ2n) is 16.1. The number of para-hydroxylation sites is 2. The standard InChI is InChI=1S/C58H36N4/c1-3-17-37(18-4-1)39-21-15-24-42(35-39)62-52-34-33-51-53(55(52)54-45-27-9-7-25-43(45)44-26-8-10-28-46(44)57(54)62)48-30-12-14-32-50(48)61(51)41-23-16-22-40(36-41)58-59-49-31-13-11-29-47(49)56(60-58)38-19-5-2-6-20-38/h1-36H. The highest BCUT2D eigenvalue weighted by atomic mass is 15.0. The van der Waals surface area contributed by atoms with Crippen molar-refractivity contribution in [3.63, 3.8) is 0 Å². The average molecular weight is 789 g/mol. The molecular formula is C58H36N4. The van der Waals surface area contributed by atoms with Crippen molar-refractivity contribution in [3.05, 3.63) is 218 Å². The number of rotatable bonds is 5. The summed E-state index contributed by atoms with van der Waals surface area (Å²) in [5.41, 5.74) is 13.1. The summed E-state index contributed by atoms with van der Waals surface area (Å²) in [6.45, 7) is 0. The van der Waals surface area contributed by atoms with Crippen LogP contribution in [-0.2, 0) is 0 Å². The number of hydrogen-bond acceptors (Lipinski definition) is 2. The minimum Gasteiger partial charge on any atom is -0.309 e. The average Bonchev–Trinajstić information content (AvgIpc) is 3.88. The third-order valence-corrected chi connectivity index (χ3v) is 12.7. The van der Waals surface area contributed by atoms with Gasteiger partial charge in [0.1, 0.15) is 0 Å². The lowest BCUT2D eigenvalue weighted by Gasteiger charge is -2.13. The Balaban J connectivity index is 1.12. The summed E-state index contributed by atoms with van der Waals surface area (Å²) in [6, 6.07) is 78.5. The van der Waals surface area contributed by atoms with E-state index in [2.05, 4.69) is 215 Å². The zero-order valence-electron chi connectivity index (χ0n) is 33.6. The monoisotopic (exact) mass is 788 g/mol. The first-order valence-corrected chi connectivity index (χ1v) is 21.2. The van der Waals surface area contributed by atoms with Gasteiger partial charge in [-0.1, -0.05) is 170 Å². The first-order chi connectivity index (χ1) is 30.8. The third kappa shape index (κ3) is 5.14. The lowest BCUT2D eigenvalue weighted by Crippen LogP contribution is -1.98. The van der Waals surface area contributed by atoms with Gasteiger partial charge in [-0.3, -0.25) is 0 Å². The summed E-state index contributed by atoms with van der Waals surface area (Å²) in [5.74, 6) is 0.701. The molecule has 0 radical (unpaired) electrons. The van der Waals surface area contributed by atoms with E-state index in [4.69, 9.17) is 9.97 Å². The van der Waals surface area contributed by atoms with Crippen LogP contribution in [0, 0.1) is 0 Å². The van der Waals surface area contributed by atoms with Gasteiger partial charge in [0.2, 0.25) is 0 Å². The van der Waals surface area contributed by atoms with Crippen molar-refractivity contribution in [2.24, 2.45) is 0 Å². The molecule has 0 N–H and O–H groups in total. The molecule has 0 aliphatic heterocycles. The summed E-state index contributed by atoms with van der Waals surface area (Å²) >= 11 is 0. The van der Waals surface area contributed by atoms with E-state index >= 15 is 0 Å². The van der Waals surface area contributed by atoms with Crippen molar-refractivity contribution in [1.29, 1.82) is 0 Å². The van der Waals surface area contributed by atoms with Crippen molar-refractivity contribution in [2.45, 2.75) is 0 Å². The molecule has 62 heavy (non-hydrogen) atoms. The molecule has 288 valence electrons. The molecule has 0 spiro atoms. The fraction of sp³-hybridized carbons (Fsp3) is 0. The van der Waals surface area contributed by atoms with E-state index in [1.54, 1.807) is 0 Å². The SMILES string of the molecule is c1ccc(-c2cccc(-n3c4ccc5c(c6ccccc6n5-c5cccc(-c6nc(-c7ccccc7)c7ccccc7n6)c5)c4c4c5ccccc5c5ccccc5c43)c2)cc1. The summed E-state index contributed by atoms with van der Waals surface area (Å²) in [6.07, 6.45) is 0. The van der Waals surface area contributed by atoms with Crippen LogP contribution in [0.4, 0.5) is 0 Å². The van der Waals surface area contributed by atoms with Gasteiger partial charge in [0, 0.05) is 54.8 Å². The molecule has 0 saturated heterocycles. The van der Waals surface area contributed by atoms with Crippen LogP contribution >= 0.6 is 0 Å². The molecule has 10 aromatic carbocycles. The predicted octanol–water partition coefficient (Wildman–Crippen LogP) is 15.1. The summed E-state index contributed by atoms with van der Waals surface area (Å²) in [4.78, 5) is 10.4. The van der Waals surface area contributed by atoms with Crippen LogP contribution in [0.1, 0.15) is 0 Å². The molecule has 3 aromatic heterocycles. The highest BCUT2D eigenvalue weighted by Gasteiger charge is 2.24. The first-order valence-electron chi connectivity index (χ1n) is 21.2. The predicted molar refractivity (Wildman–Crippen MR) is 260 cm³/mol. The Bertz CT molecular complexity index is 3920. The Hall–Kier alpha value is -8.34. The molecule has 13 aromatic rings. The topological polar surface area (TPSA) is 35.6 Å². The maximum absolute atomic E-state index is 5.25. The molecule has 0 saturated carbocycles. The second kappa shape index (κ2) is 13.6. The zero-order valence-corrected chi connectivity index (χ0v) is 33.6. The third-order valence-electron chi connectivity index (χ3n) is 12.7. The number of aromatic nitrogens is 4. The van der Waals surface area contributed by atoms with Crippen molar-refractivity contribution in [2.75, 3.05) is 0 Å². The van der Waals surface area contributed by atoms with Crippen LogP contribution in [-0.4, -0.2) is 19.1 Å². The number of benzene rings is 10. The van der Waals surface area contributed by atoms with Crippen LogP contribution in [0.25, 0.3) is 121 Å². The van der Waals surface area contributed by atoms with Gasteiger partial charge < -0.3 is 9.13 Å². The summed E-state index contributed by atoms with van der Waals surface area (Å²) < 4.78 is 4.94. The van der Waals surface area contributed by atoms with E-state index in [0.717, 1.165) is 50.1 Å². The minimum absolute atomic E-state index is 0.701. The highest BCUT2D eigenvalue weighted by Crippen LogP contribution is 2.47. The molecular weight excluding hydrogens is 753 g/mol. The quantitative estimate of drug-likeness (QED) is 0.163. The fourth-order valence-electron chi connectivity index (χ4n) is 10.0. The van der Waals surface area contributed by atoms with Crippen molar-refractivity contribution in [3.8, 4) is 45.1 Å². The summed E-state index contributed by atoms with van der Waals surface area (Å²) in [5, 5.41) is 11.0. The molecule has 0 amide bonds. The lowest BCUT2D eigenvalue weighted by molar-refractivity contribution is 1.17. The van der Waals surface area contributed by atoms with Gasteiger partial charge in [-0.15, -0.1) is 0 Å². The molecule has 4 nitrogen and oxygen atoms in total. The van der Waals surface area contributed by atoms with Crippen LogP contribution in [0.3, 0.4) is 0 Å². The Morgan fingerprint density at radius 1 is 0.290 bits per heavy atom. The van der Waals surface area contributed by atoms with Gasteiger partial charge in [-0.25, -0.2) is 9.97 Å². The van der Waals surface area contributed by atoms with Crippen LogP contribution in [0.15, 0.2) is 218 Å². The van der Waals surface area contributed by atoms with Crippen molar-refractivity contribution >= 4 is 76.1 Å². The van der Waals surface area contributed by atoms with Crippen LogP contribution in [0.2, 0.25) is 0 Å². The maximum Gasteiger partial charge on any atom is 0.160 e. The van der Waals surface area contributed by atoms with E-state index in [1.165, 1.54) is 65.3 Å². The van der Waals surface area contributed by atoms with Gasteiger partial charge >= 0.3 is 0 Å². The molecule has 13 rings (SSSR count). The number of fused-ring (bicyclic) bond motifs is 13. The number of hydrogen-bond donors (Lipinski definition) is 0. The molecule has 0 unspecified atom stereocenters. The zero-order chi connectivity index (χ0) is 40.7. The van der Waals surface area contributed by atoms with E-state index in [0.29, 0.717) is 5.82 Å². The van der Waals surface area contributed by atoms with Gasteiger partial charge in [0.05, 0.1) is 33.3 Å². The van der Waals surface area contributed by atoms with E-state index in [9.17, 15) is 0 Å². The molecule has 3 heterocycles. The Morgan fingerprint density at radius 2 is 0.823 bits per heavy atom. The maximum atomic E-state index is 5.25. The Labute approximate surface area is 357 Å². The number of nitrogens with zero attached hydrogens (tertiary/aromatic N) is 4. The van der Waals surface area contributed by atoms with E-state index in [-0.39, 0.29) is 0 Å². The molecule has 0 fully saturated rings. The normalized spacial score (nSPS) is 11.9. The first kappa shape index (κ1) is 34.5. The van der Waals surface area contributed by atoms with Crippen molar-refractivity contribution < 1.29 is 0 Å². The van der Waals surface area contributed by atoms with Gasteiger partial charge in [-0.2, -0.15) is 0 Å². The lowest BCUT2D eigenvalue weighted by atomic mass is 9.95. The molecule has 0 aliphatic rings. The van der Waals surface area contributed by atoms with Gasteiger partial charge in [-0.05, 0) is 75.8 Å². The summed E-state index contributed by atoms with van der Waals surface area (Å²) in [7, 11) is 0. The van der Waals surface area contributed by atoms with E-state index in [1.807, 2.05) is 12.1 Å². The Kier molecular flexibility index (Phi) is 7.57. The van der Waals surface area contributed by atoms with Crippen LogP contribution < -0.4 is 0 Å². The van der Waals surface area contributed by atoms with E-state index < -0.39 is 0 Å².